The summed E-state index contributed by atoms with van der Waals surface area (Å²) in [6, 6.07) is 9.67. The minimum atomic E-state index is 0.742. The molecule has 1 heterocycles. The molecular formula is C18H29NS. The van der Waals surface area contributed by atoms with Crippen molar-refractivity contribution in [3.8, 4) is 0 Å². The van der Waals surface area contributed by atoms with E-state index in [0.29, 0.717) is 0 Å². The largest absolute Gasteiger partial charge is 0.299 e. The average molecular weight is 292 g/mol. The molecule has 112 valence electrons. The zero-order valence-electron chi connectivity index (χ0n) is 13.4. The molecule has 1 unspecified atom stereocenters. The molecule has 1 aromatic rings. The first-order valence-electron chi connectivity index (χ1n) is 8.12. The Labute approximate surface area is 129 Å². The van der Waals surface area contributed by atoms with Crippen molar-refractivity contribution in [3.05, 3.63) is 29.8 Å². The van der Waals surface area contributed by atoms with Gasteiger partial charge in [-0.1, -0.05) is 45.9 Å². The fourth-order valence-electron chi connectivity index (χ4n) is 3.26. The number of thioether (sulfide) groups is 1. The summed E-state index contributed by atoms with van der Waals surface area (Å²) in [5, 5.41) is 0.742. The normalized spacial score (nSPS) is 18.2. The Morgan fingerprint density at radius 1 is 1.20 bits per heavy atom. The maximum atomic E-state index is 2.74. The molecule has 0 N–H and O–H groups in total. The first kappa shape index (κ1) is 15.9. The van der Waals surface area contributed by atoms with Crippen LogP contribution < -0.4 is 0 Å². The van der Waals surface area contributed by atoms with Crippen molar-refractivity contribution in [2.45, 2.75) is 63.1 Å². The highest BCUT2D eigenvalue weighted by atomic mass is 32.2. The third kappa shape index (κ3) is 4.02. The molecule has 0 radical (unpaired) electrons. The predicted octanol–water partition coefficient (Wildman–Crippen LogP) is 4.85. The molecule has 0 fully saturated rings. The van der Waals surface area contributed by atoms with E-state index in [1.165, 1.54) is 37.2 Å². The van der Waals surface area contributed by atoms with Gasteiger partial charge < -0.3 is 0 Å². The highest BCUT2D eigenvalue weighted by Crippen LogP contribution is 2.37. The van der Waals surface area contributed by atoms with E-state index in [-0.39, 0.29) is 0 Å². The van der Waals surface area contributed by atoms with Gasteiger partial charge >= 0.3 is 0 Å². The SMILES string of the molecule is CCC(CC)N(CC(C)C)CC1Cc2ccccc2S1. The van der Waals surface area contributed by atoms with Crippen LogP contribution in [0.2, 0.25) is 0 Å². The van der Waals surface area contributed by atoms with Crippen LogP contribution in [0.5, 0.6) is 0 Å². The van der Waals surface area contributed by atoms with Gasteiger partial charge in [0, 0.05) is 29.3 Å². The van der Waals surface area contributed by atoms with Crippen molar-refractivity contribution < 1.29 is 0 Å². The molecule has 0 aromatic heterocycles. The molecule has 0 saturated heterocycles. The Kier molecular flexibility index (Phi) is 5.98. The van der Waals surface area contributed by atoms with Gasteiger partial charge in [0.05, 0.1) is 0 Å². The van der Waals surface area contributed by atoms with Crippen molar-refractivity contribution in [2.75, 3.05) is 13.1 Å². The van der Waals surface area contributed by atoms with Crippen molar-refractivity contribution >= 4 is 11.8 Å². The summed E-state index contributed by atoms with van der Waals surface area (Å²) in [6.45, 7) is 11.8. The lowest BCUT2D eigenvalue weighted by Gasteiger charge is -2.33. The quantitative estimate of drug-likeness (QED) is 0.706. The van der Waals surface area contributed by atoms with E-state index >= 15 is 0 Å². The van der Waals surface area contributed by atoms with E-state index in [2.05, 4.69) is 68.6 Å². The van der Waals surface area contributed by atoms with Crippen LogP contribution in [0.15, 0.2) is 29.2 Å². The summed E-state index contributed by atoms with van der Waals surface area (Å²) in [5.41, 5.74) is 1.55. The molecule has 1 aliphatic rings. The topological polar surface area (TPSA) is 3.24 Å². The minimum Gasteiger partial charge on any atom is -0.299 e. The van der Waals surface area contributed by atoms with Crippen molar-refractivity contribution in [2.24, 2.45) is 5.92 Å². The fraction of sp³-hybridized carbons (Fsp3) is 0.667. The molecule has 0 aliphatic carbocycles. The smallest absolute Gasteiger partial charge is 0.0263 e. The van der Waals surface area contributed by atoms with Gasteiger partial charge in [-0.3, -0.25) is 4.90 Å². The monoisotopic (exact) mass is 291 g/mol. The lowest BCUT2D eigenvalue weighted by atomic mass is 10.1. The van der Waals surface area contributed by atoms with Gasteiger partial charge in [0.15, 0.2) is 0 Å². The molecule has 0 saturated carbocycles. The number of hydrogen-bond acceptors (Lipinski definition) is 2. The van der Waals surface area contributed by atoms with E-state index in [0.717, 1.165) is 17.2 Å². The van der Waals surface area contributed by atoms with Crippen molar-refractivity contribution in [1.82, 2.24) is 4.90 Å². The Balaban J connectivity index is 1.99. The van der Waals surface area contributed by atoms with Crippen LogP contribution in [0.4, 0.5) is 0 Å². The second-order valence-corrected chi connectivity index (χ2v) is 7.71. The number of hydrogen-bond donors (Lipinski definition) is 0. The zero-order valence-corrected chi connectivity index (χ0v) is 14.2. The van der Waals surface area contributed by atoms with Crippen molar-refractivity contribution in [3.63, 3.8) is 0 Å². The molecule has 20 heavy (non-hydrogen) atoms. The van der Waals surface area contributed by atoms with Gasteiger partial charge in [-0.05, 0) is 36.8 Å². The van der Waals surface area contributed by atoms with Crippen LogP contribution in [-0.2, 0) is 6.42 Å². The highest BCUT2D eigenvalue weighted by Gasteiger charge is 2.26. The summed E-state index contributed by atoms with van der Waals surface area (Å²) in [7, 11) is 0. The molecular weight excluding hydrogens is 262 g/mol. The Bertz CT molecular complexity index is 387. The second-order valence-electron chi connectivity index (χ2n) is 6.37. The summed E-state index contributed by atoms with van der Waals surface area (Å²) >= 11 is 2.09. The van der Waals surface area contributed by atoms with E-state index < -0.39 is 0 Å². The van der Waals surface area contributed by atoms with E-state index in [9.17, 15) is 0 Å². The first-order valence-corrected chi connectivity index (χ1v) is 9.00. The van der Waals surface area contributed by atoms with Crippen LogP contribution in [0.25, 0.3) is 0 Å². The van der Waals surface area contributed by atoms with Gasteiger partial charge in [0.1, 0.15) is 0 Å². The average Bonchev–Trinajstić information content (AvgIpc) is 2.81. The highest BCUT2D eigenvalue weighted by molar-refractivity contribution is 8.00. The molecule has 1 aromatic carbocycles. The molecule has 1 aliphatic heterocycles. The summed E-state index contributed by atoms with van der Waals surface area (Å²) in [5.74, 6) is 0.754. The van der Waals surface area contributed by atoms with E-state index in [1.54, 1.807) is 5.56 Å². The van der Waals surface area contributed by atoms with Crippen LogP contribution in [0.3, 0.4) is 0 Å². The van der Waals surface area contributed by atoms with Crippen molar-refractivity contribution in [1.29, 1.82) is 0 Å². The third-order valence-electron chi connectivity index (χ3n) is 4.21. The summed E-state index contributed by atoms with van der Waals surface area (Å²) < 4.78 is 0. The van der Waals surface area contributed by atoms with Gasteiger partial charge in [-0.15, -0.1) is 11.8 Å². The summed E-state index contributed by atoms with van der Waals surface area (Å²) in [6.07, 6.45) is 3.79. The van der Waals surface area contributed by atoms with Crippen LogP contribution in [-0.4, -0.2) is 29.3 Å². The zero-order chi connectivity index (χ0) is 14.5. The van der Waals surface area contributed by atoms with Gasteiger partial charge in [0.25, 0.3) is 0 Å². The lowest BCUT2D eigenvalue weighted by Crippen LogP contribution is -2.41. The third-order valence-corrected chi connectivity index (χ3v) is 5.51. The van der Waals surface area contributed by atoms with Gasteiger partial charge in [-0.25, -0.2) is 0 Å². The van der Waals surface area contributed by atoms with E-state index in [1.807, 2.05) is 0 Å². The minimum absolute atomic E-state index is 0.742. The number of nitrogens with zero attached hydrogens (tertiary/aromatic N) is 1. The molecule has 2 heteroatoms. The molecule has 0 bridgehead atoms. The van der Waals surface area contributed by atoms with E-state index in [4.69, 9.17) is 0 Å². The molecule has 1 nitrogen and oxygen atoms in total. The molecule has 0 amide bonds. The maximum Gasteiger partial charge on any atom is 0.0263 e. The van der Waals surface area contributed by atoms with Gasteiger partial charge in [0.2, 0.25) is 0 Å². The summed E-state index contributed by atoms with van der Waals surface area (Å²) in [4.78, 5) is 4.25. The fourth-order valence-corrected chi connectivity index (χ4v) is 4.61. The standard InChI is InChI=1S/C18H29NS/c1-5-16(6-2)19(12-14(3)4)13-17-11-15-9-7-8-10-18(15)20-17/h7-10,14,16-17H,5-6,11-13H2,1-4H3. The Morgan fingerprint density at radius 2 is 1.90 bits per heavy atom. The Morgan fingerprint density at radius 3 is 2.50 bits per heavy atom. The van der Waals surface area contributed by atoms with Crippen LogP contribution >= 0.6 is 11.8 Å². The maximum absolute atomic E-state index is 2.74. The van der Waals surface area contributed by atoms with Crippen LogP contribution in [0, 0.1) is 5.92 Å². The van der Waals surface area contributed by atoms with Crippen LogP contribution in [0.1, 0.15) is 46.1 Å². The number of fused-ring (bicyclic) bond motifs is 1. The van der Waals surface area contributed by atoms with Gasteiger partial charge in [-0.2, -0.15) is 0 Å². The Hall–Kier alpha value is -0.470. The second kappa shape index (κ2) is 7.51. The molecule has 2 rings (SSSR count). The molecule has 1 atom stereocenters. The predicted molar refractivity (Wildman–Crippen MR) is 90.6 cm³/mol. The number of benzene rings is 1. The first-order chi connectivity index (χ1) is 9.63. The lowest BCUT2D eigenvalue weighted by molar-refractivity contribution is 0.166. The molecule has 0 spiro atoms. The number of rotatable bonds is 7.